The largest absolute Gasteiger partial charge is 0.382 e. The van der Waals surface area contributed by atoms with Gasteiger partial charge in [-0.15, -0.1) is 0 Å². The van der Waals surface area contributed by atoms with Gasteiger partial charge < -0.3 is 16.8 Å². The number of nitrogens with two attached hydrogens (primary N) is 2. The Kier molecular flexibility index (Phi) is 4.63. The second kappa shape index (κ2) is 7.29. The summed E-state index contributed by atoms with van der Waals surface area (Å²) in [7, 11) is 0. The van der Waals surface area contributed by atoms with Crippen molar-refractivity contribution in [3.63, 3.8) is 0 Å². The van der Waals surface area contributed by atoms with Gasteiger partial charge in [0.1, 0.15) is 17.5 Å². The maximum atomic E-state index is 14.5. The summed E-state index contributed by atoms with van der Waals surface area (Å²) in [4.78, 5) is 12.5. The van der Waals surface area contributed by atoms with Gasteiger partial charge in [0.05, 0.1) is 17.4 Å². The van der Waals surface area contributed by atoms with Gasteiger partial charge in [-0.3, -0.25) is 0 Å². The van der Waals surface area contributed by atoms with Crippen molar-refractivity contribution in [2.75, 3.05) is 16.8 Å². The Balaban J connectivity index is 1.87. The smallest absolute Gasteiger partial charge is 0.224 e. The molecule has 0 spiro atoms. The first kappa shape index (κ1) is 19.1. The van der Waals surface area contributed by atoms with Crippen molar-refractivity contribution >= 4 is 23.2 Å². The summed E-state index contributed by atoms with van der Waals surface area (Å²) in [5, 5.41) is 16.8. The minimum Gasteiger partial charge on any atom is -0.382 e. The first-order valence-electron chi connectivity index (χ1n) is 9.09. The first-order valence-corrected chi connectivity index (χ1v) is 9.09. The Labute approximate surface area is 171 Å². The van der Waals surface area contributed by atoms with E-state index >= 15 is 0 Å². The lowest BCUT2D eigenvalue weighted by Gasteiger charge is -2.19. The van der Waals surface area contributed by atoms with Crippen molar-refractivity contribution in [1.82, 2.24) is 24.6 Å². The van der Waals surface area contributed by atoms with Crippen LogP contribution in [0.25, 0.3) is 16.9 Å². The number of nitrogens with one attached hydrogen (secondary N) is 1. The summed E-state index contributed by atoms with van der Waals surface area (Å²) in [6.07, 6.45) is 1.71. The third kappa shape index (κ3) is 3.22. The summed E-state index contributed by atoms with van der Waals surface area (Å²) in [5.41, 5.74) is 14.1. The lowest BCUT2D eigenvalue weighted by Crippen LogP contribution is -2.15. The van der Waals surface area contributed by atoms with E-state index in [1.54, 1.807) is 13.1 Å². The fraction of sp³-hybridized carbons (Fsp3) is 0.150. The fourth-order valence-corrected chi connectivity index (χ4v) is 3.21. The molecule has 30 heavy (non-hydrogen) atoms. The molecule has 150 valence electrons. The third-order valence-corrected chi connectivity index (χ3v) is 4.67. The Hall–Kier alpha value is -4.26. The number of aryl methyl sites for hydroxylation is 1. The molecule has 4 rings (SSSR count). The van der Waals surface area contributed by atoms with E-state index in [2.05, 4.69) is 25.4 Å². The Morgan fingerprint density at radius 1 is 1.17 bits per heavy atom. The van der Waals surface area contributed by atoms with E-state index in [9.17, 15) is 9.65 Å². The van der Waals surface area contributed by atoms with Crippen LogP contribution in [0.1, 0.15) is 29.8 Å². The summed E-state index contributed by atoms with van der Waals surface area (Å²) >= 11 is 0. The van der Waals surface area contributed by atoms with Gasteiger partial charge in [-0.2, -0.15) is 20.3 Å². The topological polar surface area (TPSA) is 144 Å². The molecule has 5 N–H and O–H groups in total. The molecule has 9 nitrogen and oxygen atoms in total. The second-order valence-electron chi connectivity index (χ2n) is 6.75. The highest BCUT2D eigenvalue weighted by molar-refractivity contribution is 5.69. The van der Waals surface area contributed by atoms with Crippen LogP contribution in [0.2, 0.25) is 0 Å². The number of halogens is 1. The molecule has 0 amide bonds. The molecule has 0 fully saturated rings. The van der Waals surface area contributed by atoms with Gasteiger partial charge in [0.15, 0.2) is 17.3 Å². The van der Waals surface area contributed by atoms with Gasteiger partial charge in [-0.05, 0) is 13.8 Å². The van der Waals surface area contributed by atoms with Crippen molar-refractivity contribution in [2.24, 2.45) is 0 Å². The van der Waals surface area contributed by atoms with Gasteiger partial charge in [0, 0.05) is 17.3 Å². The standard InChI is InChI=1S/C20H18FN9/c1-10(25-18-13(8-22)17(23)27-20(24)28-18)14-9-30-19(15(21)11(2)29-30)26-16(14)12-6-4-3-5-7-12/h3-7,9-10H,1-2H3,(H5,23,24,25,27,28)/t10-/m0/s1. The highest BCUT2D eigenvalue weighted by Crippen LogP contribution is 2.31. The van der Waals surface area contributed by atoms with Crippen LogP contribution < -0.4 is 16.8 Å². The molecule has 0 aliphatic heterocycles. The molecule has 0 saturated carbocycles. The van der Waals surface area contributed by atoms with E-state index in [0.717, 1.165) is 11.1 Å². The number of nitriles is 1. The van der Waals surface area contributed by atoms with Gasteiger partial charge in [-0.1, -0.05) is 30.3 Å². The number of nitrogen functional groups attached to an aromatic ring is 2. The average molecular weight is 403 g/mol. The average Bonchev–Trinajstić information content (AvgIpc) is 3.00. The zero-order valence-corrected chi connectivity index (χ0v) is 16.3. The lowest BCUT2D eigenvalue weighted by atomic mass is 10.0. The van der Waals surface area contributed by atoms with Gasteiger partial charge in [0.25, 0.3) is 0 Å². The molecule has 1 aromatic carbocycles. The van der Waals surface area contributed by atoms with Crippen LogP contribution in [-0.4, -0.2) is 24.6 Å². The molecule has 3 aromatic heterocycles. The van der Waals surface area contributed by atoms with E-state index in [-0.39, 0.29) is 34.5 Å². The highest BCUT2D eigenvalue weighted by Gasteiger charge is 2.21. The number of hydrogen-bond donors (Lipinski definition) is 3. The predicted molar refractivity (Wildman–Crippen MR) is 111 cm³/mol. The minimum absolute atomic E-state index is 0.0127. The van der Waals surface area contributed by atoms with Crippen LogP contribution in [0.5, 0.6) is 0 Å². The zero-order valence-electron chi connectivity index (χ0n) is 16.3. The summed E-state index contributed by atoms with van der Waals surface area (Å²) in [5.74, 6) is -0.330. The first-order chi connectivity index (χ1) is 14.4. The third-order valence-electron chi connectivity index (χ3n) is 4.67. The molecule has 0 radical (unpaired) electrons. The Morgan fingerprint density at radius 2 is 1.90 bits per heavy atom. The number of aromatic nitrogens is 5. The van der Waals surface area contributed by atoms with E-state index in [4.69, 9.17) is 11.5 Å². The fourth-order valence-electron chi connectivity index (χ4n) is 3.21. The number of benzene rings is 1. The van der Waals surface area contributed by atoms with Crippen molar-refractivity contribution in [3.05, 3.63) is 59.2 Å². The summed E-state index contributed by atoms with van der Waals surface area (Å²) < 4.78 is 15.9. The minimum atomic E-state index is -0.470. The van der Waals surface area contributed by atoms with Crippen LogP contribution in [0, 0.1) is 24.1 Å². The maximum absolute atomic E-state index is 14.5. The molecular formula is C20H18FN9. The van der Waals surface area contributed by atoms with Crippen molar-refractivity contribution in [2.45, 2.75) is 19.9 Å². The van der Waals surface area contributed by atoms with Crippen LogP contribution in [0.4, 0.5) is 22.0 Å². The van der Waals surface area contributed by atoms with E-state index < -0.39 is 11.9 Å². The quantitative estimate of drug-likeness (QED) is 0.472. The van der Waals surface area contributed by atoms with E-state index in [1.807, 2.05) is 43.3 Å². The van der Waals surface area contributed by atoms with Crippen LogP contribution in [0.3, 0.4) is 0 Å². The van der Waals surface area contributed by atoms with E-state index in [1.165, 1.54) is 4.52 Å². The van der Waals surface area contributed by atoms with Crippen LogP contribution in [0.15, 0.2) is 36.5 Å². The second-order valence-corrected chi connectivity index (χ2v) is 6.75. The van der Waals surface area contributed by atoms with Crippen molar-refractivity contribution in [1.29, 1.82) is 5.26 Å². The summed E-state index contributed by atoms with van der Waals surface area (Å²) in [6, 6.07) is 11.0. The highest BCUT2D eigenvalue weighted by atomic mass is 19.1. The molecule has 0 saturated heterocycles. The number of hydrogen-bond acceptors (Lipinski definition) is 8. The van der Waals surface area contributed by atoms with Crippen molar-refractivity contribution < 1.29 is 4.39 Å². The molecule has 1 atom stereocenters. The van der Waals surface area contributed by atoms with Gasteiger partial charge in [0.2, 0.25) is 5.95 Å². The van der Waals surface area contributed by atoms with Crippen LogP contribution >= 0.6 is 0 Å². The lowest BCUT2D eigenvalue weighted by molar-refractivity contribution is 0.626. The molecule has 0 aliphatic carbocycles. The zero-order chi connectivity index (χ0) is 21.4. The molecular weight excluding hydrogens is 385 g/mol. The SMILES string of the molecule is Cc1nn2cc([C@H](C)Nc3nc(N)nc(N)c3C#N)c(-c3ccccc3)nc2c1F. The monoisotopic (exact) mass is 403 g/mol. The van der Waals surface area contributed by atoms with Gasteiger partial charge >= 0.3 is 0 Å². The van der Waals surface area contributed by atoms with Crippen LogP contribution in [-0.2, 0) is 0 Å². The molecule has 0 unspecified atom stereocenters. The maximum Gasteiger partial charge on any atom is 0.224 e. The Bertz CT molecular complexity index is 1290. The van der Waals surface area contributed by atoms with Crippen molar-refractivity contribution in [3.8, 4) is 17.3 Å². The molecule has 10 heteroatoms. The normalized spacial score (nSPS) is 11.9. The number of anilines is 3. The number of rotatable bonds is 4. The summed E-state index contributed by atoms with van der Waals surface area (Å²) in [6.45, 7) is 3.44. The van der Waals surface area contributed by atoms with Gasteiger partial charge in [-0.25, -0.2) is 13.9 Å². The Morgan fingerprint density at radius 3 is 2.60 bits per heavy atom. The van der Waals surface area contributed by atoms with E-state index in [0.29, 0.717) is 5.69 Å². The predicted octanol–water partition coefficient (Wildman–Crippen LogP) is 2.84. The number of nitrogens with zero attached hydrogens (tertiary/aromatic N) is 6. The molecule has 0 aliphatic rings. The molecule has 4 aromatic rings. The molecule has 0 bridgehead atoms. The molecule has 3 heterocycles. The number of fused-ring (bicyclic) bond motifs is 1.